The standard InChI is InChI=1S/C18H16N6O2/c19-17(23-25)13-4-6-21-15(9-13)11-2-1-3-12(8-11)16-10-14(5-7-22-16)18(20)24-26/h1-10,25-26H,(H2,19,23)(H2,20,24). The molecule has 8 heteroatoms. The molecule has 3 rings (SSSR count). The molecule has 0 fully saturated rings. The van der Waals surface area contributed by atoms with Crippen LogP contribution in [0.1, 0.15) is 11.1 Å². The van der Waals surface area contributed by atoms with Gasteiger partial charge in [0, 0.05) is 34.6 Å². The van der Waals surface area contributed by atoms with Crippen LogP contribution in [0.5, 0.6) is 0 Å². The number of hydrogen-bond donors (Lipinski definition) is 4. The van der Waals surface area contributed by atoms with E-state index in [9.17, 15) is 0 Å². The average molecular weight is 348 g/mol. The molecular formula is C18H16N6O2. The van der Waals surface area contributed by atoms with Crippen LogP contribution in [0.2, 0.25) is 0 Å². The largest absolute Gasteiger partial charge is 0.409 e. The first-order valence-electron chi connectivity index (χ1n) is 7.61. The summed E-state index contributed by atoms with van der Waals surface area (Å²) in [5.41, 5.74) is 15.4. The van der Waals surface area contributed by atoms with Crippen molar-refractivity contribution < 1.29 is 10.4 Å². The van der Waals surface area contributed by atoms with Crippen molar-refractivity contribution in [1.29, 1.82) is 0 Å². The maximum atomic E-state index is 8.83. The Balaban J connectivity index is 2.02. The van der Waals surface area contributed by atoms with Gasteiger partial charge in [-0.1, -0.05) is 28.5 Å². The fourth-order valence-corrected chi connectivity index (χ4v) is 2.45. The van der Waals surface area contributed by atoms with Gasteiger partial charge >= 0.3 is 0 Å². The van der Waals surface area contributed by atoms with Gasteiger partial charge in [0.05, 0.1) is 11.4 Å². The van der Waals surface area contributed by atoms with Crippen LogP contribution in [0.3, 0.4) is 0 Å². The van der Waals surface area contributed by atoms with Crippen LogP contribution in [-0.4, -0.2) is 32.1 Å². The van der Waals surface area contributed by atoms with Crippen LogP contribution < -0.4 is 11.5 Å². The second-order valence-electron chi connectivity index (χ2n) is 5.41. The lowest BCUT2D eigenvalue weighted by Gasteiger charge is -2.07. The molecule has 0 saturated carbocycles. The monoisotopic (exact) mass is 348 g/mol. The molecule has 0 bridgehead atoms. The number of benzene rings is 1. The Morgan fingerprint density at radius 2 is 1.19 bits per heavy atom. The molecule has 0 unspecified atom stereocenters. The zero-order valence-electron chi connectivity index (χ0n) is 13.6. The van der Waals surface area contributed by atoms with Crippen molar-refractivity contribution in [2.45, 2.75) is 0 Å². The molecular weight excluding hydrogens is 332 g/mol. The van der Waals surface area contributed by atoms with Crippen molar-refractivity contribution in [2.24, 2.45) is 21.8 Å². The van der Waals surface area contributed by atoms with E-state index in [1.807, 2.05) is 24.3 Å². The van der Waals surface area contributed by atoms with Gasteiger partial charge in [-0.2, -0.15) is 0 Å². The Morgan fingerprint density at radius 1 is 0.731 bits per heavy atom. The van der Waals surface area contributed by atoms with E-state index in [-0.39, 0.29) is 11.7 Å². The normalized spacial score (nSPS) is 12.2. The molecule has 0 amide bonds. The van der Waals surface area contributed by atoms with Crippen molar-refractivity contribution in [3.8, 4) is 22.5 Å². The van der Waals surface area contributed by atoms with Crippen molar-refractivity contribution >= 4 is 11.7 Å². The summed E-state index contributed by atoms with van der Waals surface area (Å²) in [6.07, 6.45) is 3.18. The minimum Gasteiger partial charge on any atom is -0.409 e. The molecule has 0 aliphatic heterocycles. The molecule has 0 aliphatic carbocycles. The first kappa shape index (κ1) is 16.9. The summed E-state index contributed by atoms with van der Waals surface area (Å²) in [5.74, 6) is 0.0240. The lowest BCUT2D eigenvalue weighted by atomic mass is 10.0. The molecule has 6 N–H and O–H groups in total. The van der Waals surface area contributed by atoms with Crippen LogP contribution >= 0.6 is 0 Å². The second kappa shape index (κ2) is 7.31. The predicted octanol–water partition coefficient (Wildman–Crippen LogP) is 2.00. The van der Waals surface area contributed by atoms with Gasteiger partial charge in [0.1, 0.15) is 0 Å². The van der Waals surface area contributed by atoms with Crippen molar-refractivity contribution in [3.05, 3.63) is 72.1 Å². The van der Waals surface area contributed by atoms with Gasteiger partial charge in [0.25, 0.3) is 0 Å². The smallest absolute Gasteiger partial charge is 0.170 e. The van der Waals surface area contributed by atoms with Gasteiger partial charge in [-0.25, -0.2) is 0 Å². The number of aromatic nitrogens is 2. The summed E-state index contributed by atoms with van der Waals surface area (Å²) in [6.45, 7) is 0. The number of nitrogens with two attached hydrogens (primary N) is 2. The Kier molecular flexibility index (Phi) is 4.75. The summed E-state index contributed by atoms with van der Waals surface area (Å²) in [7, 11) is 0. The van der Waals surface area contributed by atoms with E-state index in [0.717, 1.165) is 11.1 Å². The Labute approximate surface area is 149 Å². The van der Waals surface area contributed by atoms with Gasteiger partial charge in [-0.05, 0) is 30.3 Å². The number of nitrogens with zero attached hydrogens (tertiary/aromatic N) is 4. The molecule has 130 valence electrons. The van der Waals surface area contributed by atoms with E-state index >= 15 is 0 Å². The first-order valence-corrected chi connectivity index (χ1v) is 7.61. The van der Waals surface area contributed by atoms with Crippen LogP contribution in [-0.2, 0) is 0 Å². The third-order valence-electron chi connectivity index (χ3n) is 3.78. The number of rotatable bonds is 4. The summed E-state index contributed by atoms with van der Waals surface area (Å²) in [6, 6.07) is 14.4. The average Bonchev–Trinajstić information content (AvgIpc) is 2.72. The molecule has 0 aliphatic rings. The molecule has 0 spiro atoms. The molecule has 2 heterocycles. The lowest BCUT2D eigenvalue weighted by Crippen LogP contribution is -2.13. The van der Waals surface area contributed by atoms with E-state index in [1.165, 1.54) is 0 Å². The van der Waals surface area contributed by atoms with Crippen molar-refractivity contribution in [1.82, 2.24) is 9.97 Å². The topological polar surface area (TPSA) is 143 Å². The molecule has 0 atom stereocenters. The predicted molar refractivity (Wildman–Crippen MR) is 97.9 cm³/mol. The van der Waals surface area contributed by atoms with E-state index in [2.05, 4.69) is 20.3 Å². The van der Waals surface area contributed by atoms with Gasteiger partial charge in [-0.15, -0.1) is 0 Å². The maximum Gasteiger partial charge on any atom is 0.170 e. The fraction of sp³-hybridized carbons (Fsp3) is 0. The quantitative estimate of drug-likeness (QED) is 0.246. The van der Waals surface area contributed by atoms with Gasteiger partial charge in [0.2, 0.25) is 0 Å². The third kappa shape index (κ3) is 3.44. The van der Waals surface area contributed by atoms with E-state index in [4.69, 9.17) is 21.9 Å². The SMILES string of the molecule is N/C(=N\O)c1ccnc(-c2cccc(-c3cc(/C(N)=N/O)ccn3)c2)c1. The number of oxime groups is 2. The molecule has 0 radical (unpaired) electrons. The van der Waals surface area contributed by atoms with Gasteiger partial charge < -0.3 is 21.9 Å². The highest BCUT2D eigenvalue weighted by Crippen LogP contribution is 2.25. The lowest BCUT2D eigenvalue weighted by molar-refractivity contribution is 0.318. The van der Waals surface area contributed by atoms with Crippen molar-refractivity contribution in [2.75, 3.05) is 0 Å². The van der Waals surface area contributed by atoms with E-state index in [0.29, 0.717) is 22.5 Å². The first-order chi connectivity index (χ1) is 12.6. The highest BCUT2D eigenvalue weighted by molar-refractivity contribution is 5.98. The Bertz CT molecular complexity index is 923. The zero-order valence-corrected chi connectivity index (χ0v) is 13.6. The molecule has 3 aromatic rings. The summed E-state index contributed by atoms with van der Waals surface area (Å²) < 4.78 is 0. The maximum absolute atomic E-state index is 8.83. The Morgan fingerprint density at radius 3 is 1.62 bits per heavy atom. The van der Waals surface area contributed by atoms with Gasteiger partial charge in [-0.3, -0.25) is 9.97 Å². The highest BCUT2D eigenvalue weighted by Gasteiger charge is 2.08. The van der Waals surface area contributed by atoms with Crippen LogP contribution in [0.4, 0.5) is 0 Å². The minimum absolute atomic E-state index is 0.0120. The van der Waals surface area contributed by atoms with Crippen molar-refractivity contribution in [3.63, 3.8) is 0 Å². The highest BCUT2D eigenvalue weighted by atomic mass is 16.4. The number of pyridine rings is 2. The molecule has 8 nitrogen and oxygen atoms in total. The summed E-state index contributed by atoms with van der Waals surface area (Å²) in [5, 5.41) is 23.7. The number of hydrogen-bond acceptors (Lipinski definition) is 6. The molecule has 2 aromatic heterocycles. The van der Waals surface area contributed by atoms with E-state index < -0.39 is 0 Å². The second-order valence-corrected chi connectivity index (χ2v) is 5.41. The van der Waals surface area contributed by atoms with Crippen LogP contribution in [0.25, 0.3) is 22.5 Å². The molecule has 26 heavy (non-hydrogen) atoms. The summed E-state index contributed by atoms with van der Waals surface area (Å²) in [4.78, 5) is 8.67. The van der Waals surface area contributed by atoms with Gasteiger partial charge in [0.15, 0.2) is 11.7 Å². The van der Waals surface area contributed by atoms with E-state index in [1.54, 1.807) is 36.7 Å². The third-order valence-corrected chi connectivity index (χ3v) is 3.78. The summed E-state index contributed by atoms with van der Waals surface area (Å²) >= 11 is 0. The molecule has 1 aromatic carbocycles. The van der Waals surface area contributed by atoms with Crippen LogP contribution in [0, 0.1) is 0 Å². The number of amidine groups is 2. The van der Waals surface area contributed by atoms with Crippen LogP contribution in [0.15, 0.2) is 71.2 Å². The zero-order chi connectivity index (χ0) is 18.5. The Hall–Kier alpha value is -3.94. The fourth-order valence-electron chi connectivity index (χ4n) is 2.45. The molecule has 0 saturated heterocycles. The minimum atomic E-state index is 0.0120.